The molecule has 0 saturated carbocycles. The Morgan fingerprint density at radius 2 is 1.91 bits per heavy atom. The smallest absolute Gasteiger partial charge is 0.240 e. The van der Waals surface area contributed by atoms with Crippen LogP contribution in [0.25, 0.3) is 0 Å². The van der Waals surface area contributed by atoms with E-state index in [-0.39, 0.29) is 24.4 Å². The Morgan fingerprint density at radius 1 is 1.30 bits per heavy atom. The standard InChI is InChI=1S/C16H26N2O4S/c1-11(2)13(4)17-16(19)10-18(23(6,20)21)14-9-12(3)7-8-15(14)22-5/h7-9,11,13H,10H2,1-6H3,(H,17,19)/t13-/m0/s1. The zero-order valence-electron chi connectivity index (χ0n) is 14.6. The molecule has 0 fully saturated rings. The zero-order valence-corrected chi connectivity index (χ0v) is 15.4. The third-order valence-corrected chi connectivity index (χ3v) is 4.81. The summed E-state index contributed by atoms with van der Waals surface area (Å²) in [4.78, 5) is 12.2. The Kier molecular flexibility index (Phi) is 6.44. The maximum atomic E-state index is 12.2. The summed E-state index contributed by atoms with van der Waals surface area (Å²) in [7, 11) is -2.16. The van der Waals surface area contributed by atoms with Crippen LogP contribution in [0.5, 0.6) is 5.75 Å². The maximum absolute atomic E-state index is 12.2. The van der Waals surface area contributed by atoms with Crippen molar-refractivity contribution in [3.05, 3.63) is 23.8 Å². The number of ether oxygens (including phenoxy) is 1. The Morgan fingerprint density at radius 3 is 2.39 bits per heavy atom. The topological polar surface area (TPSA) is 75.7 Å². The number of carbonyl (C=O) groups excluding carboxylic acids is 1. The van der Waals surface area contributed by atoms with Crippen LogP contribution in [0.2, 0.25) is 0 Å². The molecule has 0 radical (unpaired) electrons. The first-order valence-corrected chi connectivity index (χ1v) is 9.32. The molecule has 7 heteroatoms. The molecule has 0 spiro atoms. The van der Waals surface area contributed by atoms with Crippen molar-refractivity contribution in [3.8, 4) is 5.75 Å². The van der Waals surface area contributed by atoms with E-state index in [4.69, 9.17) is 4.74 Å². The number of carbonyl (C=O) groups is 1. The number of benzene rings is 1. The van der Waals surface area contributed by atoms with Gasteiger partial charge in [-0.3, -0.25) is 9.10 Å². The number of nitrogens with zero attached hydrogens (tertiary/aromatic N) is 1. The van der Waals surface area contributed by atoms with Gasteiger partial charge in [-0.2, -0.15) is 0 Å². The minimum absolute atomic E-state index is 0.0386. The number of sulfonamides is 1. The largest absolute Gasteiger partial charge is 0.495 e. The highest BCUT2D eigenvalue weighted by molar-refractivity contribution is 7.92. The van der Waals surface area contributed by atoms with Crippen molar-refractivity contribution in [2.75, 3.05) is 24.2 Å². The van der Waals surface area contributed by atoms with Crippen LogP contribution >= 0.6 is 0 Å². The molecule has 1 atom stereocenters. The van der Waals surface area contributed by atoms with Gasteiger partial charge in [0.2, 0.25) is 15.9 Å². The fourth-order valence-electron chi connectivity index (χ4n) is 1.97. The highest BCUT2D eigenvalue weighted by Crippen LogP contribution is 2.30. The molecule has 1 aromatic rings. The van der Waals surface area contributed by atoms with E-state index < -0.39 is 10.0 Å². The monoisotopic (exact) mass is 342 g/mol. The van der Waals surface area contributed by atoms with Crippen LogP contribution in [0.4, 0.5) is 5.69 Å². The van der Waals surface area contributed by atoms with Crippen molar-refractivity contribution in [1.82, 2.24) is 5.32 Å². The van der Waals surface area contributed by atoms with Crippen molar-refractivity contribution >= 4 is 21.6 Å². The summed E-state index contributed by atoms with van der Waals surface area (Å²) in [5.74, 6) is 0.324. The molecular formula is C16H26N2O4S. The fourth-order valence-corrected chi connectivity index (χ4v) is 2.82. The third kappa shape index (κ3) is 5.42. The first-order chi connectivity index (χ1) is 10.6. The number of amides is 1. The molecule has 0 aliphatic carbocycles. The molecule has 1 amide bonds. The zero-order chi connectivity index (χ0) is 17.8. The van der Waals surface area contributed by atoms with Crippen LogP contribution in [-0.2, 0) is 14.8 Å². The number of anilines is 1. The third-order valence-electron chi connectivity index (χ3n) is 3.68. The van der Waals surface area contributed by atoms with Crippen molar-refractivity contribution in [3.63, 3.8) is 0 Å². The van der Waals surface area contributed by atoms with E-state index >= 15 is 0 Å². The molecule has 0 aliphatic heterocycles. The molecule has 0 aliphatic rings. The molecule has 0 aromatic heterocycles. The second kappa shape index (κ2) is 7.68. The van der Waals surface area contributed by atoms with Gasteiger partial charge >= 0.3 is 0 Å². The summed E-state index contributed by atoms with van der Waals surface area (Å²) in [6.07, 6.45) is 1.08. The van der Waals surface area contributed by atoms with Crippen LogP contribution in [0.1, 0.15) is 26.3 Å². The van der Waals surface area contributed by atoms with Crippen LogP contribution in [0, 0.1) is 12.8 Å². The Balaban J connectivity index is 3.13. The lowest BCUT2D eigenvalue weighted by molar-refractivity contribution is -0.120. The van der Waals surface area contributed by atoms with E-state index in [0.29, 0.717) is 11.4 Å². The first-order valence-electron chi connectivity index (χ1n) is 7.48. The van der Waals surface area contributed by atoms with Gasteiger partial charge in [-0.05, 0) is 37.5 Å². The molecule has 0 heterocycles. The predicted octanol–water partition coefficient (Wildman–Crippen LogP) is 1.93. The lowest BCUT2D eigenvalue weighted by Crippen LogP contribution is -2.44. The molecule has 1 aromatic carbocycles. The van der Waals surface area contributed by atoms with Crippen LogP contribution in [0.3, 0.4) is 0 Å². The highest BCUT2D eigenvalue weighted by atomic mass is 32.2. The molecular weight excluding hydrogens is 316 g/mol. The van der Waals surface area contributed by atoms with Gasteiger partial charge in [0, 0.05) is 6.04 Å². The first kappa shape index (κ1) is 19.3. The molecule has 1 N–H and O–H groups in total. The SMILES string of the molecule is COc1ccc(C)cc1N(CC(=O)N[C@@H](C)C(C)C)S(C)(=O)=O. The second-order valence-corrected chi connectivity index (χ2v) is 7.95. The predicted molar refractivity (Wildman–Crippen MR) is 92.4 cm³/mol. The molecule has 130 valence electrons. The van der Waals surface area contributed by atoms with Gasteiger partial charge in [-0.1, -0.05) is 19.9 Å². The van der Waals surface area contributed by atoms with Crippen LogP contribution < -0.4 is 14.4 Å². The number of nitrogens with one attached hydrogen (secondary N) is 1. The van der Waals surface area contributed by atoms with E-state index in [1.54, 1.807) is 12.1 Å². The quantitative estimate of drug-likeness (QED) is 0.821. The fraction of sp³-hybridized carbons (Fsp3) is 0.562. The number of aryl methyl sites for hydroxylation is 1. The van der Waals surface area contributed by atoms with Gasteiger partial charge in [0.05, 0.1) is 19.1 Å². The average Bonchev–Trinajstić information content (AvgIpc) is 2.43. The van der Waals surface area contributed by atoms with Crippen molar-refractivity contribution in [2.24, 2.45) is 5.92 Å². The average molecular weight is 342 g/mol. The van der Waals surface area contributed by atoms with Gasteiger partial charge in [0.15, 0.2) is 0 Å². The molecule has 0 bridgehead atoms. The Bertz CT molecular complexity index is 656. The van der Waals surface area contributed by atoms with E-state index in [1.165, 1.54) is 7.11 Å². The molecule has 0 unspecified atom stereocenters. The minimum Gasteiger partial charge on any atom is -0.495 e. The van der Waals surface area contributed by atoms with E-state index in [2.05, 4.69) is 5.32 Å². The second-order valence-electron chi connectivity index (χ2n) is 6.05. The minimum atomic E-state index is -3.63. The maximum Gasteiger partial charge on any atom is 0.240 e. The number of methoxy groups -OCH3 is 1. The van der Waals surface area contributed by atoms with Crippen LogP contribution in [0.15, 0.2) is 18.2 Å². The van der Waals surface area contributed by atoms with E-state index in [9.17, 15) is 13.2 Å². The van der Waals surface area contributed by atoms with E-state index in [0.717, 1.165) is 16.1 Å². The number of rotatable bonds is 7. The lowest BCUT2D eigenvalue weighted by Gasteiger charge is -2.25. The van der Waals surface area contributed by atoms with Crippen LogP contribution in [-0.4, -0.2) is 40.3 Å². The van der Waals surface area contributed by atoms with Crippen molar-refractivity contribution in [1.29, 1.82) is 0 Å². The lowest BCUT2D eigenvalue weighted by atomic mass is 10.1. The molecule has 1 rings (SSSR count). The molecule has 6 nitrogen and oxygen atoms in total. The summed E-state index contributed by atoms with van der Waals surface area (Å²) < 4.78 is 30.6. The van der Waals surface area contributed by atoms with Gasteiger partial charge in [-0.25, -0.2) is 8.42 Å². The molecule has 23 heavy (non-hydrogen) atoms. The van der Waals surface area contributed by atoms with Crippen molar-refractivity contribution in [2.45, 2.75) is 33.7 Å². The summed E-state index contributed by atoms with van der Waals surface area (Å²) in [5.41, 5.74) is 1.24. The summed E-state index contributed by atoms with van der Waals surface area (Å²) in [6.45, 7) is 7.44. The Hall–Kier alpha value is -1.76. The number of hydrogen-bond donors (Lipinski definition) is 1. The summed E-state index contributed by atoms with van der Waals surface area (Å²) in [6, 6.07) is 5.17. The summed E-state index contributed by atoms with van der Waals surface area (Å²) >= 11 is 0. The molecule has 0 saturated heterocycles. The van der Waals surface area contributed by atoms with E-state index in [1.807, 2.05) is 33.8 Å². The van der Waals surface area contributed by atoms with Gasteiger partial charge in [0.25, 0.3) is 0 Å². The number of hydrogen-bond acceptors (Lipinski definition) is 4. The summed E-state index contributed by atoms with van der Waals surface area (Å²) in [5, 5.41) is 2.82. The van der Waals surface area contributed by atoms with Crippen molar-refractivity contribution < 1.29 is 17.9 Å². The van der Waals surface area contributed by atoms with Gasteiger partial charge in [-0.15, -0.1) is 0 Å². The highest BCUT2D eigenvalue weighted by Gasteiger charge is 2.25. The van der Waals surface area contributed by atoms with Gasteiger partial charge < -0.3 is 10.1 Å². The van der Waals surface area contributed by atoms with Gasteiger partial charge in [0.1, 0.15) is 12.3 Å². The normalized spacial score (nSPS) is 12.8. The Labute approximate surface area is 138 Å².